The first-order valence-corrected chi connectivity index (χ1v) is 7.34. The standard InChI is InChI=1S/C14H25N3O2/c1-14(9-15,11-6-7-11)17-12(18)3-2-8-16-13(19)10-4-5-10/h10-11H,2-9,15H2,1H3,(H,16,19)(H,17,18). The Labute approximate surface area is 114 Å². The van der Waals surface area contributed by atoms with Crippen LogP contribution >= 0.6 is 0 Å². The smallest absolute Gasteiger partial charge is 0.223 e. The minimum Gasteiger partial charge on any atom is -0.356 e. The van der Waals surface area contributed by atoms with E-state index in [1.54, 1.807) is 0 Å². The Kier molecular flexibility index (Phi) is 4.45. The molecule has 5 heteroatoms. The van der Waals surface area contributed by atoms with Gasteiger partial charge in [0.2, 0.25) is 11.8 Å². The van der Waals surface area contributed by atoms with E-state index >= 15 is 0 Å². The Hall–Kier alpha value is -1.10. The predicted molar refractivity (Wildman–Crippen MR) is 73.3 cm³/mol. The van der Waals surface area contributed by atoms with Crippen LogP contribution in [0.1, 0.15) is 45.4 Å². The third kappa shape index (κ3) is 4.20. The number of carbonyl (C=O) groups excluding carboxylic acids is 2. The third-order valence-corrected chi connectivity index (χ3v) is 4.16. The van der Waals surface area contributed by atoms with E-state index in [2.05, 4.69) is 10.6 Å². The molecule has 0 spiro atoms. The van der Waals surface area contributed by atoms with Crippen molar-refractivity contribution in [2.24, 2.45) is 17.6 Å². The number of nitrogens with two attached hydrogens (primary N) is 1. The van der Waals surface area contributed by atoms with Crippen molar-refractivity contribution in [3.8, 4) is 0 Å². The molecule has 0 aromatic heterocycles. The molecule has 1 unspecified atom stereocenters. The highest BCUT2D eigenvalue weighted by Gasteiger charge is 2.41. The van der Waals surface area contributed by atoms with Gasteiger partial charge in [0.1, 0.15) is 0 Å². The van der Waals surface area contributed by atoms with Crippen LogP contribution in [0.2, 0.25) is 0 Å². The molecular weight excluding hydrogens is 242 g/mol. The van der Waals surface area contributed by atoms with Crippen molar-refractivity contribution in [3.63, 3.8) is 0 Å². The van der Waals surface area contributed by atoms with Gasteiger partial charge < -0.3 is 16.4 Å². The molecule has 19 heavy (non-hydrogen) atoms. The van der Waals surface area contributed by atoms with Gasteiger partial charge in [0.15, 0.2) is 0 Å². The number of nitrogens with one attached hydrogen (secondary N) is 2. The highest BCUT2D eigenvalue weighted by Crippen LogP contribution is 2.39. The first-order valence-electron chi connectivity index (χ1n) is 7.34. The van der Waals surface area contributed by atoms with Gasteiger partial charge in [-0.1, -0.05) is 0 Å². The maximum atomic E-state index is 11.9. The van der Waals surface area contributed by atoms with Gasteiger partial charge in [-0.15, -0.1) is 0 Å². The summed E-state index contributed by atoms with van der Waals surface area (Å²) < 4.78 is 0. The fourth-order valence-corrected chi connectivity index (χ4v) is 2.37. The molecule has 2 aliphatic rings. The summed E-state index contributed by atoms with van der Waals surface area (Å²) in [6, 6.07) is 0. The average Bonchev–Trinajstić information content (AvgIpc) is 3.24. The van der Waals surface area contributed by atoms with Crippen molar-refractivity contribution in [1.29, 1.82) is 0 Å². The molecule has 0 saturated heterocycles. The first kappa shape index (κ1) is 14.3. The largest absolute Gasteiger partial charge is 0.356 e. The number of amides is 2. The third-order valence-electron chi connectivity index (χ3n) is 4.16. The molecule has 0 aromatic carbocycles. The zero-order chi connectivity index (χ0) is 13.9. The lowest BCUT2D eigenvalue weighted by molar-refractivity contribution is -0.124. The van der Waals surface area contributed by atoms with Crippen LogP contribution in [0.15, 0.2) is 0 Å². The van der Waals surface area contributed by atoms with E-state index in [0.29, 0.717) is 31.8 Å². The van der Waals surface area contributed by atoms with E-state index in [-0.39, 0.29) is 23.3 Å². The summed E-state index contributed by atoms with van der Waals surface area (Å²) in [6.07, 6.45) is 5.49. The highest BCUT2D eigenvalue weighted by atomic mass is 16.2. The molecule has 2 aliphatic carbocycles. The summed E-state index contributed by atoms with van der Waals surface area (Å²) in [7, 11) is 0. The molecule has 108 valence electrons. The molecule has 0 bridgehead atoms. The molecule has 2 saturated carbocycles. The maximum Gasteiger partial charge on any atom is 0.223 e. The van der Waals surface area contributed by atoms with Crippen LogP contribution in [-0.4, -0.2) is 30.4 Å². The van der Waals surface area contributed by atoms with Crippen LogP contribution in [0.3, 0.4) is 0 Å². The molecule has 0 radical (unpaired) electrons. The maximum absolute atomic E-state index is 11.9. The zero-order valence-corrected chi connectivity index (χ0v) is 11.7. The van der Waals surface area contributed by atoms with E-state index in [0.717, 1.165) is 25.7 Å². The first-order chi connectivity index (χ1) is 9.05. The zero-order valence-electron chi connectivity index (χ0n) is 11.7. The van der Waals surface area contributed by atoms with Gasteiger partial charge in [-0.2, -0.15) is 0 Å². The second-order valence-electron chi connectivity index (χ2n) is 6.11. The Morgan fingerprint density at radius 2 is 1.95 bits per heavy atom. The monoisotopic (exact) mass is 267 g/mol. The minimum atomic E-state index is -0.242. The summed E-state index contributed by atoms with van der Waals surface area (Å²) in [6.45, 7) is 3.10. The van der Waals surface area contributed by atoms with E-state index in [1.807, 2.05) is 6.92 Å². The van der Waals surface area contributed by atoms with E-state index < -0.39 is 0 Å². The van der Waals surface area contributed by atoms with Gasteiger partial charge in [-0.05, 0) is 44.9 Å². The normalized spacial score (nSPS) is 21.6. The van der Waals surface area contributed by atoms with Gasteiger partial charge in [0, 0.05) is 25.4 Å². The topological polar surface area (TPSA) is 84.2 Å². The Balaban J connectivity index is 1.59. The SMILES string of the molecule is CC(CN)(NC(=O)CCCNC(=O)C1CC1)C1CC1. The van der Waals surface area contributed by atoms with Crippen molar-refractivity contribution in [2.75, 3.05) is 13.1 Å². The number of rotatable bonds is 8. The van der Waals surface area contributed by atoms with Crippen molar-refractivity contribution >= 4 is 11.8 Å². The molecule has 5 nitrogen and oxygen atoms in total. The lowest BCUT2D eigenvalue weighted by atomic mass is 9.95. The Morgan fingerprint density at radius 3 is 2.47 bits per heavy atom. The van der Waals surface area contributed by atoms with Gasteiger partial charge in [0.05, 0.1) is 5.54 Å². The van der Waals surface area contributed by atoms with Gasteiger partial charge in [-0.3, -0.25) is 9.59 Å². The van der Waals surface area contributed by atoms with E-state index in [4.69, 9.17) is 5.73 Å². The van der Waals surface area contributed by atoms with Crippen LogP contribution in [0.5, 0.6) is 0 Å². The summed E-state index contributed by atoms with van der Waals surface area (Å²) in [5.41, 5.74) is 5.52. The summed E-state index contributed by atoms with van der Waals surface area (Å²) in [5, 5.41) is 5.92. The molecule has 1 atom stereocenters. The minimum absolute atomic E-state index is 0.0421. The fourth-order valence-electron chi connectivity index (χ4n) is 2.37. The van der Waals surface area contributed by atoms with Crippen molar-refractivity contribution < 1.29 is 9.59 Å². The van der Waals surface area contributed by atoms with Crippen molar-refractivity contribution in [3.05, 3.63) is 0 Å². The van der Waals surface area contributed by atoms with Crippen LogP contribution in [0.4, 0.5) is 0 Å². The van der Waals surface area contributed by atoms with E-state index in [9.17, 15) is 9.59 Å². The predicted octanol–water partition coefficient (Wildman–Crippen LogP) is 0.536. The lowest BCUT2D eigenvalue weighted by Crippen LogP contribution is -2.53. The molecule has 0 aromatic rings. The lowest BCUT2D eigenvalue weighted by Gasteiger charge is -2.29. The number of hydrogen-bond donors (Lipinski definition) is 3. The van der Waals surface area contributed by atoms with Gasteiger partial charge in [0.25, 0.3) is 0 Å². The Bertz CT molecular complexity index is 351. The number of hydrogen-bond acceptors (Lipinski definition) is 3. The molecule has 0 heterocycles. The van der Waals surface area contributed by atoms with Crippen LogP contribution in [0, 0.1) is 11.8 Å². The highest BCUT2D eigenvalue weighted by molar-refractivity contribution is 5.81. The average molecular weight is 267 g/mol. The van der Waals surface area contributed by atoms with Crippen molar-refractivity contribution in [1.82, 2.24) is 10.6 Å². The van der Waals surface area contributed by atoms with Gasteiger partial charge in [-0.25, -0.2) is 0 Å². The van der Waals surface area contributed by atoms with Crippen LogP contribution in [0.25, 0.3) is 0 Å². The van der Waals surface area contributed by atoms with Gasteiger partial charge >= 0.3 is 0 Å². The quantitative estimate of drug-likeness (QED) is 0.561. The summed E-state index contributed by atoms with van der Waals surface area (Å²) in [4.78, 5) is 23.3. The van der Waals surface area contributed by atoms with Crippen molar-refractivity contribution in [2.45, 2.75) is 51.0 Å². The Morgan fingerprint density at radius 1 is 1.26 bits per heavy atom. The molecule has 2 rings (SSSR count). The summed E-state index contributed by atoms with van der Waals surface area (Å²) >= 11 is 0. The fraction of sp³-hybridized carbons (Fsp3) is 0.857. The van der Waals surface area contributed by atoms with E-state index in [1.165, 1.54) is 0 Å². The second-order valence-corrected chi connectivity index (χ2v) is 6.11. The summed E-state index contributed by atoms with van der Waals surface area (Å²) in [5.74, 6) is 0.964. The van der Waals surface area contributed by atoms with Crippen LogP contribution < -0.4 is 16.4 Å². The molecular formula is C14H25N3O2. The molecule has 4 N–H and O–H groups in total. The number of carbonyl (C=O) groups is 2. The second kappa shape index (κ2) is 5.90. The van der Waals surface area contributed by atoms with Crippen LogP contribution in [-0.2, 0) is 9.59 Å². The molecule has 2 fully saturated rings. The molecule has 0 aliphatic heterocycles. The molecule has 2 amide bonds.